The van der Waals surface area contributed by atoms with Crippen molar-refractivity contribution in [1.29, 1.82) is 0 Å². The molecule has 64 valence electrons. The summed E-state index contributed by atoms with van der Waals surface area (Å²) in [5.74, 6) is -0.250. The number of carbonyl (C=O) groups excluding carboxylic acids is 1. The second-order valence-corrected chi connectivity index (χ2v) is 1.98. The first-order valence-electron chi connectivity index (χ1n) is 3.53. The van der Waals surface area contributed by atoms with Crippen molar-refractivity contribution in [1.82, 2.24) is 10.4 Å². The fourth-order valence-electron chi connectivity index (χ4n) is 0.615. The van der Waals surface area contributed by atoms with Gasteiger partial charge in [0.1, 0.15) is 0 Å². The number of carbonyl (C=O) groups is 1. The van der Waals surface area contributed by atoms with E-state index in [0.29, 0.717) is 13.1 Å². The molecule has 0 saturated heterocycles. The molecule has 0 aliphatic rings. The number of hydrogen-bond donors (Lipinski definition) is 2. The van der Waals surface area contributed by atoms with Gasteiger partial charge in [-0.1, -0.05) is 13.5 Å². The van der Waals surface area contributed by atoms with E-state index in [9.17, 15) is 4.79 Å². The zero-order valence-electron chi connectivity index (χ0n) is 6.71. The number of aliphatic hydroxyl groups excluding tert-OH is 1. The van der Waals surface area contributed by atoms with E-state index in [1.165, 1.54) is 6.08 Å². The Morgan fingerprint density at radius 1 is 1.82 bits per heavy atom. The van der Waals surface area contributed by atoms with Crippen LogP contribution in [-0.2, 0) is 4.79 Å². The minimum Gasteiger partial charge on any atom is -0.395 e. The maximum Gasteiger partial charge on any atom is 0.257 e. The first kappa shape index (κ1) is 10.1. The van der Waals surface area contributed by atoms with Gasteiger partial charge in [0.25, 0.3) is 5.91 Å². The van der Waals surface area contributed by atoms with Crippen LogP contribution in [0.4, 0.5) is 0 Å². The molecule has 0 fully saturated rings. The zero-order valence-corrected chi connectivity index (χ0v) is 6.71. The lowest BCUT2D eigenvalue weighted by Crippen LogP contribution is -2.42. The molecule has 0 spiro atoms. The normalized spacial score (nSPS) is 9.73. The molecule has 0 saturated carbocycles. The maximum absolute atomic E-state index is 10.7. The van der Waals surface area contributed by atoms with E-state index in [0.717, 1.165) is 0 Å². The van der Waals surface area contributed by atoms with Crippen molar-refractivity contribution in [3.05, 3.63) is 12.7 Å². The lowest BCUT2D eigenvalue weighted by molar-refractivity contribution is -0.121. The van der Waals surface area contributed by atoms with Crippen LogP contribution >= 0.6 is 0 Å². The van der Waals surface area contributed by atoms with E-state index in [4.69, 9.17) is 5.11 Å². The molecule has 0 rings (SSSR count). The average Bonchev–Trinajstić information content (AvgIpc) is 2.03. The van der Waals surface area contributed by atoms with E-state index < -0.39 is 0 Å². The number of likely N-dealkylation sites (N-methyl/N-ethyl adjacent to an activating group) is 1. The second-order valence-electron chi connectivity index (χ2n) is 1.98. The van der Waals surface area contributed by atoms with Crippen LogP contribution in [0.15, 0.2) is 12.7 Å². The Morgan fingerprint density at radius 2 is 2.45 bits per heavy atom. The fraction of sp³-hybridized carbons (Fsp3) is 0.571. The van der Waals surface area contributed by atoms with Crippen LogP contribution in [-0.4, -0.2) is 35.7 Å². The fourth-order valence-corrected chi connectivity index (χ4v) is 0.615. The van der Waals surface area contributed by atoms with Crippen LogP contribution in [0.1, 0.15) is 6.92 Å². The predicted molar refractivity (Wildman–Crippen MR) is 42.7 cm³/mol. The number of nitrogens with zero attached hydrogens (tertiary/aromatic N) is 1. The van der Waals surface area contributed by atoms with Gasteiger partial charge < -0.3 is 5.11 Å². The van der Waals surface area contributed by atoms with Crippen molar-refractivity contribution in [2.45, 2.75) is 6.92 Å². The van der Waals surface area contributed by atoms with Gasteiger partial charge in [0, 0.05) is 13.1 Å². The molecule has 0 aromatic heterocycles. The van der Waals surface area contributed by atoms with Crippen molar-refractivity contribution in [2.75, 3.05) is 19.7 Å². The minimum absolute atomic E-state index is 0.0330. The molecule has 11 heavy (non-hydrogen) atoms. The third-order valence-corrected chi connectivity index (χ3v) is 1.21. The predicted octanol–water partition coefficient (Wildman–Crippen LogP) is -0.482. The van der Waals surface area contributed by atoms with E-state index in [-0.39, 0.29) is 12.5 Å². The summed E-state index contributed by atoms with van der Waals surface area (Å²) in [5.41, 5.74) is 2.53. The molecule has 1 amide bonds. The lowest BCUT2D eigenvalue weighted by atomic mass is 10.5. The lowest BCUT2D eigenvalue weighted by Gasteiger charge is -2.18. The highest BCUT2D eigenvalue weighted by atomic mass is 16.3. The van der Waals surface area contributed by atoms with Gasteiger partial charge >= 0.3 is 0 Å². The standard InChI is InChI=1S/C7H14N2O2/c1-3-7(11)8-9(4-2)5-6-10/h3,10H,1,4-6H2,2H3,(H,8,11). The molecule has 0 aromatic rings. The van der Waals surface area contributed by atoms with Gasteiger partial charge in [0.2, 0.25) is 0 Å². The van der Waals surface area contributed by atoms with Gasteiger partial charge in [-0.05, 0) is 6.08 Å². The molecule has 0 heterocycles. The maximum atomic E-state index is 10.7. The number of hydrogen-bond acceptors (Lipinski definition) is 3. The summed E-state index contributed by atoms with van der Waals surface area (Å²) < 4.78 is 0. The molecule has 4 nitrogen and oxygen atoms in total. The van der Waals surface area contributed by atoms with E-state index in [1.807, 2.05) is 6.92 Å². The Hall–Kier alpha value is -0.870. The van der Waals surface area contributed by atoms with Gasteiger partial charge in [0.15, 0.2) is 0 Å². The van der Waals surface area contributed by atoms with Gasteiger partial charge in [0.05, 0.1) is 6.61 Å². The Bertz CT molecular complexity index is 136. The highest BCUT2D eigenvalue weighted by Crippen LogP contribution is 1.80. The highest BCUT2D eigenvalue weighted by molar-refractivity contribution is 5.86. The Kier molecular flexibility index (Phi) is 5.42. The van der Waals surface area contributed by atoms with Crippen LogP contribution in [0.3, 0.4) is 0 Å². The van der Waals surface area contributed by atoms with Crippen LogP contribution in [0.25, 0.3) is 0 Å². The minimum atomic E-state index is -0.250. The molecule has 2 N–H and O–H groups in total. The summed E-state index contributed by atoms with van der Waals surface area (Å²) in [6.45, 7) is 6.34. The summed E-state index contributed by atoms with van der Waals surface area (Å²) in [5, 5.41) is 10.1. The first-order valence-corrected chi connectivity index (χ1v) is 3.53. The molecule has 0 unspecified atom stereocenters. The van der Waals surface area contributed by atoms with Crippen molar-refractivity contribution >= 4 is 5.91 Å². The summed E-state index contributed by atoms with van der Waals surface area (Å²) >= 11 is 0. The monoisotopic (exact) mass is 158 g/mol. The van der Waals surface area contributed by atoms with Gasteiger partial charge in [-0.15, -0.1) is 0 Å². The summed E-state index contributed by atoms with van der Waals surface area (Å²) in [4.78, 5) is 10.7. The Morgan fingerprint density at radius 3 is 2.82 bits per heavy atom. The molecule has 0 atom stereocenters. The quantitative estimate of drug-likeness (QED) is 0.419. The summed E-state index contributed by atoms with van der Waals surface area (Å²) in [7, 11) is 0. The topological polar surface area (TPSA) is 52.6 Å². The number of nitrogens with one attached hydrogen (secondary N) is 1. The van der Waals surface area contributed by atoms with Crippen molar-refractivity contribution in [2.24, 2.45) is 0 Å². The van der Waals surface area contributed by atoms with Crippen molar-refractivity contribution in [3.63, 3.8) is 0 Å². The van der Waals surface area contributed by atoms with E-state index in [1.54, 1.807) is 5.01 Å². The number of rotatable bonds is 5. The molecule has 0 aliphatic carbocycles. The third kappa shape index (κ3) is 4.52. The van der Waals surface area contributed by atoms with Crippen LogP contribution in [0, 0.1) is 0 Å². The average molecular weight is 158 g/mol. The number of aliphatic hydroxyl groups is 1. The second kappa shape index (κ2) is 5.88. The smallest absolute Gasteiger partial charge is 0.257 e. The largest absolute Gasteiger partial charge is 0.395 e. The Labute approximate surface area is 66.5 Å². The van der Waals surface area contributed by atoms with Gasteiger partial charge in [-0.3, -0.25) is 10.2 Å². The van der Waals surface area contributed by atoms with Crippen LogP contribution in [0.5, 0.6) is 0 Å². The summed E-state index contributed by atoms with van der Waals surface area (Å²) in [6.07, 6.45) is 1.19. The molecule has 4 heteroatoms. The van der Waals surface area contributed by atoms with Crippen LogP contribution < -0.4 is 5.43 Å². The van der Waals surface area contributed by atoms with Crippen LogP contribution in [0.2, 0.25) is 0 Å². The SMILES string of the molecule is C=CC(=O)NN(CC)CCO. The molecule has 0 aliphatic heterocycles. The molecule has 0 bridgehead atoms. The molecular weight excluding hydrogens is 144 g/mol. The highest BCUT2D eigenvalue weighted by Gasteiger charge is 2.01. The van der Waals surface area contributed by atoms with Gasteiger partial charge in [-0.2, -0.15) is 0 Å². The number of hydrazine groups is 1. The van der Waals surface area contributed by atoms with E-state index >= 15 is 0 Å². The van der Waals surface area contributed by atoms with E-state index in [2.05, 4.69) is 12.0 Å². The first-order chi connectivity index (χ1) is 5.24. The van der Waals surface area contributed by atoms with Gasteiger partial charge in [-0.25, -0.2) is 5.01 Å². The molecule has 0 radical (unpaired) electrons. The third-order valence-electron chi connectivity index (χ3n) is 1.21. The zero-order chi connectivity index (χ0) is 8.69. The molecule has 0 aromatic carbocycles. The molecular formula is C7H14N2O2. The van der Waals surface area contributed by atoms with Crippen molar-refractivity contribution in [3.8, 4) is 0 Å². The summed E-state index contributed by atoms with van der Waals surface area (Å²) in [6, 6.07) is 0. The van der Waals surface area contributed by atoms with Crippen molar-refractivity contribution < 1.29 is 9.90 Å². The number of amides is 1. The Balaban J connectivity index is 3.67.